The molecule has 0 heterocycles. The number of hydrogen-bond donors (Lipinski definition) is 0. The van der Waals surface area contributed by atoms with Gasteiger partial charge in [0.1, 0.15) is 0 Å². The molecule has 0 spiro atoms. The van der Waals surface area contributed by atoms with Crippen LogP contribution < -0.4 is 10.2 Å². The molecular formula is C64H128O4Sn. The molecule has 0 unspecified atom stereocenters. The topological polar surface area (TPSA) is 80.3 Å². The van der Waals surface area contributed by atoms with Crippen LogP contribution in [0.1, 0.15) is 387 Å². The van der Waals surface area contributed by atoms with Crippen LogP contribution in [0.3, 0.4) is 0 Å². The molecule has 0 aliphatic rings. The zero-order valence-electron chi connectivity index (χ0n) is 48.1. The standard InChI is InChI=1S/2C20H41.2C12H24O2.Sn/c2*1-3-5-7-9-11-13-15-17-19-20-18-16-14-12-10-8-6-4-2;2*1-2-3-4-5-6-7-8-9-10-11-12(13)14;/h2*1,3-20H2,2H3;2*2-11H2,1H3,(H,13,14);/q;;;;+2/p-2. The van der Waals surface area contributed by atoms with Gasteiger partial charge in [-0.3, -0.25) is 0 Å². The molecule has 0 atom stereocenters. The van der Waals surface area contributed by atoms with E-state index < -0.39 is 11.9 Å². The molecule has 69 heavy (non-hydrogen) atoms. The first-order chi connectivity index (χ1) is 34.0. The van der Waals surface area contributed by atoms with Gasteiger partial charge in [-0.1, -0.05) is 220 Å². The average Bonchev–Trinajstić information content (AvgIpc) is 3.34. The average molecular weight is 1080 g/mol. The van der Waals surface area contributed by atoms with Crippen molar-refractivity contribution in [1.29, 1.82) is 0 Å². The molecule has 4 nitrogen and oxygen atoms in total. The SMILES string of the molecule is CCCCCCCCCCCC(=O)[O-].CCCCCCCCCCCC(=O)[O-].CCCCCCCCCCCCCCCCCCC[CH2][Sn+2][CH2]CCCCCCCCCCCCCCCCCCC. The number of rotatable bonds is 58. The minimum atomic E-state index is -0.909. The van der Waals surface area contributed by atoms with Crippen LogP contribution in [0.4, 0.5) is 0 Å². The predicted molar refractivity (Wildman–Crippen MR) is 307 cm³/mol. The third-order valence-electron chi connectivity index (χ3n) is 14.4. The zero-order valence-corrected chi connectivity index (χ0v) is 51.0. The van der Waals surface area contributed by atoms with Crippen LogP contribution in [-0.2, 0) is 9.59 Å². The smallest absolute Gasteiger partial charge is 0.0654 e. The van der Waals surface area contributed by atoms with Crippen LogP contribution in [0.25, 0.3) is 0 Å². The van der Waals surface area contributed by atoms with E-state index in [1.165, 1.54) is 295 Å². The number of carboxylic acids is 2. The van der Waals surface area contributed by atoms with Crippen LogP contribution in [0.15, 0.2) is 0 Å². The molecule has 0 aromatic rings. The molecule has 0 aromatic carbocycles. The van der Waals surface area contributed by atoms with Crippen molar-refractivity contribution in [1.82, 2.24) is 0 Å². The Bertz CT molecular complexity index is 825. The van der Waals surface area contributed by atoms with E-state index in [-0.39, 0.29) is 34.0 Å². The quantitative estimate of drug-likeness (QED) is 0.0449. The fraction of sp³-hybridized carbons (Fsp3) is 0.969. The summed E-state index contributed by atoms with van der Waals surface area (Å²) in [6.07, 6.45) is 76.2. The first-order valence-corrected chi connectivity index (χ1v) is 36.1. The number of carbonyl (C=O) groups is 2. The van der Waals surface area contributed by atoms with Gasteiger partial charge < -0.3 is 19.8 Å². The first kappa shape index (κ1) is 73.0. The van der Waals surface area contributed by atoms with Crippen molar-refractivity contribution < 1.29 is 19.8 Å². The molecule has 5 heteroatoms. The molecule has 0 bridgehead atoms. The number of hydrogen-bond acceptors (Lipinski definition) is 4. The Morgan fingerprint density at radius 3 is 0.493 bits per heavy atom. The number of unbranched alkanes of at least 4 members (excludes halogenated alkanes) is 50. The van der Waals surface area contributed by atoms with Gasteiger partial charge in [0.2, 0.25) is 0 Å². The Hall–Kier alpha value is -0.261. The summed E-state index contributed by atoms with van der Waals surface area (Å²) in [5.74, 6) is -1.82. The van der Waals surface area contributed by atoms with Crippen LogP contribution >= 0.6 is 0 Å². The van der Waals surface area contributed by atoms with Crippen molar-refractivity contribution in [3.05, 3.63) is 0 Å². The molecule has 0 saturated heterocycles. The van der Waals surface area contributed by atoms with E-state index >= 15 is 0 Å². The summed E-state index contributed by atoms with van der Waals surface area (Å²) in [6.45, 7) is 9.07. The van der Waals surface area contributed by atoms with Gasteiger partial charge in [0.05, 0.1) is 0 Å². The van der Waals surface area contributed by atoms with Crippen molar-refractivity contribution >= 4 is 33.1 Å². The monoisotopic (exact) mass is 1080 g/mol. The van der Waals surface area contributed by atoms with Gasteiger partial charge in [0, 0.05) is 11.9 Å². The summed E-state index contributed by atoms with van der Waals surface area (Å²) >= 11 is 0.00387. The second kappa shape index (κ2) is 72.0. The van der Waals surface area contributed by atoms with Crippen molar-refractivity contribution in [2.24, 2.45) is 0 Å². The Morgan fingerprint density at radius 2 is 0.348 bits per heavy atom. The maximum atomic E-state index is 10.1. The molecule has 0 rings (SSSR count). The van der Waals surface area contributed by atoms with E-state index in [1.54, 1.807) is 34.6 Å². The zero-order chi connectivity index (χ0) is 50.9. The fourth-order valence-electron chi connectivity index (χ4n) is 9.59. The van der Waals surface area contributed by atoms with Crippen molar-refractivity contribution in [2.75, 3.05) is 0 Å². The molecule has 0 amide bonds. The second-order valence-corrected chi connectivity index (χ2v) is 26.0. The van der Waals surface area contributed by atoms with E-state index in [0.717, 1.165) is 25.7 Å². The fourth-order valence-corrected chi connectivity index (χ4v) is 13.2. The molecule has 412 valence electrons. The van der Waals surface area contributed by atoms with E-state index in [1.807, 2.05) is 0 Å². The van der Waals surface area contributed by atoms with Gasteiger partial charge in [0.25, 0.3) is 0 Å². The molecule has 0 fully saturated rings. The number of aliphatic carboxylic acids is 2. The van der Waals surface area contributed by atoms with Crippen LogP contribution in [0.2, 0.25) is 8.87 Å². The Morgan fingerprint density at radius 1 is 0.217 bits per heavy atom. The van der Waals surface area contributed by atoms with Crippen LogP contribution in [0.5, 0.6) is 0 Å². The van der Waals surface area contributed by atoms with Gasteiger partial charge in [-0.2, -0.15) is 0 Å². The van der Waals surface area contributed by atoms with E-state index in [0.29, 0.717) is 0 Å². The first-order valence-electron chi connectivity index (χ1n) is 32.1. The molecule has 0 aliphatic carbocycles. The van der Waals surface area contributed by atoms with Crippen LogP contribution in [-0.4, -0.2) is 33.1 Å². The van der Waals surface area contributed by atoms with Gasteiger partial charge >= 0.3 is 171 Å². The maximum absolute atomic E-state index is 10.1. The third-order valence-corrected chi connectivity index (χ3v) is 18.4. The molecule has 0 N–H and O–H groups in total. The minimum absolute atomic E-state index is 0.00387. The van der Waals surface area contributed by atoms with Crippen molar-refractivity contribution in [3.8, 4) is 0 Å². The second-order valence-electron chi connectivity index (χ2n) is 21.7. The van der Waals surface area contributed by atoms with Crippen molar-refractivity contribution in [3.63, 3.8) is 0 Å². The molecule has 0 saturated carbocycles. The molecule has 0 radical (unpaired) electrons. The summed E-state index contributed by atoms with van der Waals surface area (Å²) in [6, 6.07) is 0. The van der Waals surface area contributed by atoms with Gasteiger partial charge in [-0.15, -0.1) is 0 Å². The van der Waals surface area contributed by atoms with Gasteiger partial charge in [-0.05, 0) is 25.7 Å². The normalized spacial score (nSPS) is 11.0. The van der Waals surface area contributed by atoms with Crippen LogP contribution in [0, 0.1) is 0 Å². The molecular weight excluding hydrogens is 951 g/mol. The Kier molecular flexibility index (Phi) is 76.1. The summed E-state index contributed by atoms with van der Waals surface area (Å²) < 4.78 is 3.34. The molecule has 0 aromatic heterocycles. The predicted octanol–water partition coefficient (Wildman–Crippen LogP) is 20.9. The van der Waals surface area contributed by atoms with Gasteiger partial charge in [-0.25, -0.2) is 0 Å². The Labute approximate surface area is 446 Å². The summed E-state index contributed by atoms with van der Waals surface area (Å²) in [5.41, 5.74) is 0. The summed E-state index contributed by atoms with van der Waals surface area (Å²) in [5, 5.41) is 20.2. The van der Waals surface area contributed by atoms with E-state index in [4.69, 9.17) is 0 Å². The van der Waals surface area contributed by atoms with Crippen molar-refractivity contribution in [2.45, 2.75) is 396 Å². The van der Waals surface area contributed by atoms with E-state index in [9.17, 15) is 19.8 Å². The summed E-state index contributed by atoms with van der Waals surface area (Å²) in [4.78, 5) is 20.2. The molecule has 0 aliphatic heterocycles. The third kappa shape index (κ3) is 82.0. The summed E-state index contributed by atoms with van der Waals surface area (Å²) in [7, 11) is 0. The Balaban J connectivity index is -0.00000125. The number of carboxylic acid groups (broad SMARTS) is 2. The van der Waals surface area contributed by atoms with E-state index in [2.05, 4.69) is 27.7 Å². The minimum Gasteiger partial charge on any atom is -0.0654 e. The van der Waals surface area contributed by atoms with Gasteiger partial charge in [0.15, 0.2) is 0 Å². The number of carbonyl (C=O) groups excluding carboxylic acids is 2.